The van der Waals surface area contributed by atoms with Crippen LogP contribution in [0, 0.1) is 0 Å². The van der Waals surface area contributed by atoms with E-state index in [0.29, 0.717) is 17.5 Å². The number of benzene rings is 9. The first-order chi connectivity index (χ1) is 31.5. The van der Waals surface area contributed by atoms with Gasteiger partial charge >= 0.3 is 0 Å². The molecule has 0 N–H and O–H groups in total. The fraction of sp³-hybridized carbons (Fsp3) is 0.0500. The van der Waals surface area contributed by atoms with E-state index in [9.17, 15) is 0 Å². The lowest BCUT2D eigenvalue weighted by molar-refractivity contribution is 0.660. The quantitative estimate of drug-likeness (QED) is 0.161. The molecule has 1 aliphatic carbocycles. The molecule has 0 fully saturated rings. The van der Waals surface area contributed by atoms with Crippen LogP contribution >= 0.6 is 0 Å². The molecular weight excluding hydrogens is 777 g/mol. The maximum absolute atomic E-state index is 5.12. The van der Waals surface area contributed by atoms with Crippen molar-refractivity contribution in [2.24, 2.45) is 0 Å². The third-order valence-electron chi connectivity index (χ3n) is 13.1. The average Bonchev–Trinajstić information content (AvgIpc) is 3.82. The van der Waals surface area contributed by atoms with Crippen LogP contribution in [0.2, 0.25) is 0 Å². The van der Waals surface area contributed by atoms with Crippen LogP contribution < -0.4 is 0 Å². The van der Waals surface area contributed by atoms with Crippen LogP contribution in [0.3, 0.4) is 0 Å². The van der Waals surface area contributed by atoms with Crippen molar-refractivity contribution in [2.45, 2.75) is 19.3 Å². The average molecular weight is 819 g/mol. The van der Waals surface area contributed by atoms with Gasteiger partial charge in [0.25, 0.3) is 0 Å². The predicted molar refractivity (Wildman–Crippen MR) is 264 cm³/mol. The largest absolute Gasteiger partial charge is 0.309 e. The molecule has 0 bridgehead atoms. The minimum absolute atomic E-state index is 0.0311. The highest BCUT2D eigenvalue weighted by molar-refractivity contribution is 6.10. The van der Waals surface area contributed by atoms with E-state index in [1.807, 2.05) is 36.4 Å². The summed E-state index contributed by atoms with van der Waals surface area (Å²) in [6.45, 7) is 4.68. The lowest BCUT2D eigenvalue weighted by atomic mass is 9.81. The zero-order chi connectivity index (χ0) is 42.8. The number of aromatic nitrogens is 4. The Morgan fingerprint density at radius 1 is 0.312 bits per heavy atom. The molecule has 4 heteroatoms. The van der Waals surface area contributed by atoms with Crippen LogP contribution in [0.4, 0.5) is 0 Å². The molecule has 11 aromatic rings. The van der Waals surface area contributed by atoms with Crippen LogP contribution in [-0.4, -0.2) is 19.5 Å². The number of fused-ring (bicyclic) bond motifs is 6. The lowest BCUT2D eigenvalue weighted by Gasteiger charge is -2.22. The summed E-state index contributed by atoms with van der Waals surface area (Å²) in [5, 5.41) is 2.41. The van der Waals surface area contributed by atoms with Crippen molar-refractivity contribution in [1.82, 2.24) is 19.5 Å². The highest BCUT2D eigenvalue weighted by Gasteiger charge is 2.35. The molecule has 0 atom stereocenters. The summed E-state index contributed by atoms with van der Waals surface area (Å²) in [6, 6.07) is 78.0. The first-order valence-electron chi connectivity index (χ1n) is 21.9. The van der Waals surface area contributed by atoms with Gasteiger partial charge < -0.3 is 4.57 Å². The topological polar surface area (TPSA) is 43.6 Å². The van der Waals surface area contributed by atoms with Crippen molar-refractivity contribution in [3.8, 4) is 84.4 Å². The summed E-state index contributed by atoms with van der Waals surface area (Å²) in [5.74, 6) is 1.89. The van der Waals surface area contributed by atoms with Gasteiger partial charge in [-0.2, -0.15) is 0 Å². The Morgan fingerprint density at radius 3 is 1.50 bits per heavy atom. The highest BCUT2D eigenvalue weighted by atomic mass is 15.0. The Morgan fingerprint density at radius 2 is 0.781 bits per heavy atom. The van der Waals surface area contributed by atoms with Gasteiger partial charge in [0.15, 0.2) is 17.5 Å². The molecule has 9 aromatic carbocycles. The first kappa shape index (κ1) is 37.5. The fourth-order valence-electron chi connectivity index (χ4n) is 9.75. The number of hydrogen-bond acceptors (Lipinski definition) is 3. The number of rotatable bonds is 7. The summed E-state index contributed by atoms with van der Waals surface area (Å²) >= 11 is 0. The van der Waals surface area contributed by atoms with E-state index in [4.69, 9.17) is 15.0 Å². The molecule has 2 aromatic heterocycles. The van der Waals surface area contributed by atoms with Crippen LogP contribution in [0.5, 0.6) is 0 Å². The van der Waals surface area contributed by atoms with E-state index in [1.165, 1.54) is 60.8 Å². The van der Waals surface area contributed by atoms with Crippen molar-refractivity contribution in [2.75, 3.05) is 0 Å². The van der Waals surface area contributed by atoms with Gasteiger partial charge in [0.2, 0.25) is 0 Å². The van der Waals surface area contributed by atoms with Crippen LogP contribution in [0.1, 0.15) is 25.0 Å². The molecule has 4 nitrogen and oxygen atoms in total. The molecule has 0 spiro atoms. The predicted octanol–water partition coefficient (Wildman–Crippen LogP) is 15.3. The Balaban J connectivity index is 0.902. The molecule has 302 valence electrons. The van der Waals surface area contributed by atoms with Gasteiger partial charge in [0, 0.05) is 38.6 Å². The third kappa shape index (κ3) is 6.34. The standard InChI is InChI=1S/C60H42N4/c1-60(2)53-22-11-9-20-49(53)50-34-32-46(38-54(50)60)42-26-24-41(25-27-42)45-33-35-56-52(37-45)51-21-10-12-23-55(51)64(56)48-19-13-18-47(36-48)59-62-57(43-16-7-4-8-17-43)61-58(63-59)44-30-28-40(29-31-44)39-14-5-3-6-15-39/h3-38H,1-2H3. The van der Waals surface area contributed by atoms with Gasteiger partial charge in [-0.05, 0) is 92.0 Å². The van der Waals surface area contributed by atoms with E-state index in [0.717, 1.165) is 39.0 Å². The van der Waals surface area contributed by atoms with Crippen molar-refractivity contribution in [3.05, 3.63) is 230 Å². The number of hydrogen-bond donors (Lipinski definition) is 0. The molecule has 0 saturated carbocycles. The van der Waals surface area contributed by atoms with Gasteiger partial charge in [-0.15, -0.1) is 0 Å². The molecule has 0 saturated heterocycles. The highest BCUT2D eigenvalue weighted by Crippen LogP contribution is 2.49. The summed E-state index contributed by atoms with van der Waals surface area (Å²) in [6.07, 6.45) is 0. The van der Waals surface area contributed by atoms with Crippen molar-refractivity contribution >= 4 is 21.8 Å². The SMILES string of the molecule is CC1(C)c2ccccc2-c2ccc(-c3ccc(-c4ccc5c(c4)c4ccccc4n5-c4cccc(-c5nc(-c6ccccc6)nc(-c6ccc(-c7ccccc7)cc6)n5)c4)cc3)cc21. The van der Waals surface area contributed by atoms with Crippen LogP contribution in [0.15, 0.2) is 218 Å². The molecule has 2 heterocycles. The van der Waals surface area contributed by atoms with E-state index in [-0.39, 0.29) is 5.41 Å². The normalized spacial score (nSPS) is 12.7. The third-order valence-corrected chi connectivity index (χ3v) is 13.1. The summed E-state index contributed by atoms with van der Waals surface area (Å²) in [4.78, 5) is 15.2. The molecule has 0 radical (unpaired) electrons. The molecule has 12 rings (SSSR count). The van der Waals surface area contributed by atoms with E-state index in [2.05, 4.69) is 200 Å². The van der Waals surface area contributed by atoms with Crippen molar-refractivity contribution in [1.29, 1.82) is 0 Å². The van der Waals surface area contributed by atoms with Crippen LogP contribution in [-0.2, 0) is 5.41 Å². The molecular formula is C60H42N4. The van der Waals surface area contributed by atoms with Gasteiger partial charge in [0.05, 0.1) is 11.0 Å². The van der Waals surface area contributed by atoms with E-state index >= 15 is 0 Å². The Hall–Kier alpha value is -8.21. The number of nitrogens with zero attached hydrogens (tertiary/aromatic N) is 4. The van der Waals surface area contributed by atoms with Gasteiger partial charge in [-0.1, -0.05) is 196 Å². The molecule has 0 amide bonds. The summed E-state index contributed by atoms with van der Waals surface area (Å²) in [5.41, 5.74) is 18.7. The van der Waals surface area contributed by atoms with Crippen molar-refractivity contribution in [3.63, 3.8) is 0 Å². The minimum atomic E-state index is -0.0311. The smallest absolute Gasteiger partial charge is 0.164 e. The second kappa shape index (κ2) is 15.0. The lowest BCUT2D eigenvalue weighted by Crippen LogP contribution is -2.14. The second-order valence-electron chi connectivity index (χ2n) is 17.3. The Kier molecular flexibility index (Phi) is 8.80. The van der Waals surface area contributed by atoms with E-state index < -0.39 is 0 Å². The monoisotopic (exact) mass is 818 g/mol. The van der Waals surface area contributed by atoms with Gasteiger partial charge in [-0.3, -0.25) is 0 Å². The van der Waals surface area contributed by atoms with Gasteiger partial charge in [0.1, 0.15) is 0 Å². The van der Waals surface area contributed by atoms with Crippen LogP contribution in [0.25, 0.3) is 106 Å². The maximum atomic E-state index is 5.12. The van der Waals surface area contributed by atoms with Crippen molar-refractivity contribution < 1.29 is 0 Å². The Labute approximate surface area is 372 Å². The number of para-hydroxylation sites is 1. The molecule has 64 heavy (non-hydrogen) atoms. The zero-order valence-corrected chi connectivity index (χ0v) is 35.6. The van der Waals surface area contributed by atoms with Gasteiger partial charge in [-0.25, -0.2) is 15.0 Å². The molecule has 0 unspecified atom stereocenters. The second-order valence-corrected chi connectivity index (χ2v) is 17.3. The first-order valence-corrected chi connectivity index (χ1v) is 21.9. The fourth-order valence-corrected chi connectivity index (χ4v) is 9.75. The molecule has 1 aliphatic rings. The van der Waals surface area contributed by atoms with E-state index in [1.54, 1.807) is 0 Å². The Bertz CT molecular complexity index is 3550. The minimum Gasteiger partial charge on any atom is -0.309 e. The summed E-state index contributed by atoms with van der Waals surface area (Å²) < 4.78 is 2.36. The molecule has 0 aliphatic heterocycles. The zero-order valence-electron chi connectivity index (χ0n) is 35.6. The maximum Gasteiger partial charge on any atom is 0.164 e. The summed E-state index contributed by atoms with van der Waals surface area (Å²) in [7, 11) is 0.